The molecule has 0 saturated carbocycles. The molecule has 0 amide bonds. The van der Waals surface area contributed by atoms with E-state index in [0.717, 1.165) is 39.3 Å². The number of nitrogens with two attached hydrogens (primary N) is 1. The SMILES string of the molecule is [B]Cc1ccc(C(=N)c2c(N)ncnc2NCC2=Cc3cccc(C)c3C(=C)N2c2ccccc2C)cc1. The van der Waals surface area contributed by atoms with Gasteiger partial charge in [0.2, 0.25) is 0 Å². The Hall–Kier alpha value is -4.65. The maximum Gasteiger partial charge on any atom is 0.141 e. The Morgan fingerprint density at radius 2 is 1.74 bits per heavy atom. The van der Waals surface area contributed by atoms with Crippen molar-refractivity contribution in [2.24, 2.45) is 0 Å². The van der Waals surface area contributed by atoms with Crippen molar-refractivity contribution in [1.29, 1.82) is 5.41 Å². The highest BCUT2D eigenvalue weighted by molar-refractivity contribution is 6.16. The number of nitrogens with one attached hydrogen (secondary N) is 2. The van der Waals surface area contributed by atoms with Gasteiger partial charge in [-0.1, -0.05) is 79.1 Å². The highest BCUT2D eigenvalue weighted by atomic mass is 15.2. The summed E-state index contributed by atoms with van der Waals surface area (Å²) in [6, 6.07) is 22.1. The molecule has 3 aromatic carbocycles. The third-order valence-corrected chi connectivity index (χ3v) is 6.87. The quantitative estimate of drug-likeness (QED) is 0.225. The number of aromatic nitrogens is 2. The number of nitrogen functional groups attached to an aromatic ring is 1. The van der Waals surface area contributed by atoms with Crippen LogP contribution in [0.25, 0.3) is 11.8 Å². The summed E-state index contributed by atoms with van der Waals surface area (Å²) < 4.78 is 0. The van der Waals surface area contributed by atoms with E-state index >= 15 is 0 Å². The third-order valence-electron chi connectivity index (χ3n) is 6.87. The molecule has 186 valence electrons. The number of aryl methyl sites for hydroxylation is 2. The number of hydrogen-bond acceptors (Lipinski definition) is 6. The van der Waals surface area contributed by atoms with Crippen LogP contribution in [0.5, 0.6) is 0 Å². The summed E-state index contributed by atoms with van der Waals surface area (Å²) in [4.78, 5) is 10.8. The second kappa shape index (κ2) is 10.4. The molecule has 1 aliphatic heterocycles. The molecule has 6 nitrogen and oxygen atoms in total. The molecule has 4 aromatic rings. The van der Waals surface area contributed by atoms with Crippen molar-refractivity contribution < 1.29 is 0 Å². The smallest absolute Gasteiger partial charge is 0.141 e. The first-order chi connectivity index (χ1) is 18.4. The maximum absolute atomic E-state index is 8.89. The fraction of sp³-hybridized carbons (Fsp3) is 0.129. The number of benzene rings is 3. The van der Waals surface area contributed by atoms with Gasteiger partial charge in [0, 0.05) is 28.2 Å². The molecule has 2 radical (unpaired) electrons. The number of hydrogen-bond donors (Lipinski definition) is 3. The first-order valence-corrected chi connectivity index (χ1v) is 12.5. The molecule has 5 rings (SSSR count). The van der Waals surface area contributed by atoms with Gasteiger partial charge < -0.3 is 16.0 Å². The number of fused-ring (bicyclic) bond motifs is 1. The molecule has 4 N–H and O–H groups in total. The Morgan fingerprint density at radius 3 is 2.47 bits per heavy atom. The Bertz CT molecular complexity index is 1570. The van der Waals surface area contributed by atoms with E-state index in [4.69, 9.17) is 19.0 Å². The molecule has 1 aromatic heterocycles. The van der Waals surface area contributed by atoms with Crippen LogP contribution in [-0.4, -0.2) is 30.1 Å². The van der Waals surface area contributed by atoms with Crippen molar-refractivity contribution in [2.45, 2.75) is 20.2 Å². The van der Waals surface area contributed by atoms with E-state index in [1.165, 1.54) is 11.9 Å². The predicted molar refractivity (Wildman–Crippen MR) is 159 cm³/mol. The van der Waals surface area contributed by atoms with Crippen LogP contribution in [0.4, 0.5) is 17.3 Å². The zero-order valence-corrected chi connectivity index (χ0v) is 21.6. The summed E-state index contributed by atoms with van der Waals surface area (Å²) in [7, 11) is 5.74. The molecule has 0 saturated heterocycles. The maximum atomic E-state index is 8.89. The van der Waals surface area contributed by atoms with Gasteiger partial charge >= 0.3 is 0 Å². The van der Waals surface area contributed by atoms with Crippen LogP contribution in [0.1, 0.15) is 38.9 Å². The third kappa shape index (κ3) is 4.59. The molecule has 38 heavy (non-hydrogen) atoms. The molecule has 7 heteroatoms. The van der Waals surface area contributed by atoms with Crippen LogP contribution in [0, 0.1) is 19.3 Å². The number of nitrogens with zero attached hydrogens (tertiary/aromatic N) is 3. The lowest BCUT2D eigenvalue weighted by molar-refractivity contribution is 1.06. The van der Waals surface area contributed by atoms with Gasteiger partial charge in [-0.3, -0.25) is 5.41 Å². The van der Waals surface area contributed by atoms with Crippen molar-refractivity contribution in [3.8, 4) is 0 Å². The molecule has 0 unspecified atom stereocenters. The van der Waals surface area contributed by atoms with Crippen molar-refractivity contribution in [3.63, 3.8) is 0 Å². The zero-order chi connectivity index (χ0) is 26.8. The number of para-hydroxylation sites is 1. The van der Waals surface area contributed by atoms with Crippen LogP contribution in [0.15, 0.2) is 85.3 Å². The fourth-order valence-corrected chi connectivity index (χ4v) is 4.88. The second-order valence-corrected chi connectivity index (χ2v) is 9.36. The van der Waals surface area contributed by atoms with E-state index in [1.807, 2.05) is 36.4 Å². The minimum atomic E-state index is 0.243. The average molecular weight is 496 g/mol. The largest absolute Gasteiger partial charge is 0.383 e. The first kappa shape index (κ1) is 25.0. The monoisotopic (exact) mass is 496 g/mol. The molecular weight excluding hydrogens is 467 g/mol. The lowest BCUT2D eigenvalue weighted by Gasteiger charge is -2.35. The molecule has 0 spiro atoms. The summed E-state index contributed by atoms with van der Waals surface area (Å²) >= 11 is 0. The molecular formula is C31H29BN6. The highest BCUT2D eigenvalue weighted by Crippen LogP contribution is 2.39. The van der Waals surface area contributed by atoms with E-state index in [2.05, 4.69) is 77.0 Å². The van der Waals surface area contributed by atoms with E-state index in [9.17, 15) is 0 Å². The molecule has 0 fully saturated rings. The van der Waals surface area contributed by atoms with E-state index in [1.54, 1.807) is 0 Å². The van der Waals surface area contributed by atoms with Crippen LogP contribution < -0.4 is 16.0 Å². The van der Waals surface area contributed by atoms with Gasteiger partial charge in [0.25, 0.3) is 0 Å². The predicted octanol–water partition coefficient (Wildman–Crippen LogP) is 5.70. The van der Waals surface area contributed by atoms with Crippen LogP contribution >= 0.6 is 0 Å². The van der Waals surface area contributed by atoms with Crippen LogP contribution in [0.3, 0.4) is 0 Å². The number of anilines is 3. The van der Waals surface area contributed by atoms with Gasteiger partial charge in [0.05, 0.1) is 25.7 Å². The van der Waals surface area contributed by atoms with Crippen molar-refractivity contribution >= 4 is 42.7 Å². The normalized spacial score (nSPS) is 12.6. The first-order valence-electron chi connectivity index (χ1n) is 12.5. The highest BCUT2D eigenvalue weighted by Gasteiger charge is 2.26. The Labute approximate surface area is 224 Å². The summed E-state index contributed by atoms with van der Waals surface area (Å²) in [5.41, 5.74) is 16.2. The molecule has 2 heterocycles. The average Bonchev–Trinajstić information content (AvgIpc) is 2.92. The zero-order valence-electron chi connectivity index (χ0n) is 21.6. The summed E-state index contributed by atoms with van der Waals surface area (Å²) in [6.07, 6.45) is 4.03. The van der Waals surface area contributed by atoms with Crippen molar-refractivity contribution in [1.82, 2.24) is 9.97 Å². The Kier molecular flexibility index (Phi) is 6.84. The van der Waals surface area contributed by atoms with E-state index in [0.29, 0.717) is 29.8 Å². The van der Waals surface area contributed by atoms with Crippen LogP contribution in [0.2, 0.25) is 0 Å². The summed E-state index contributed by atoms with van der Waals surface area (Å²) in [6.45, 7) is 9.15. The lowest BCUT2D eigenvalue weighted by atomic mass is 9.93. The molecule has 1 aliphatic rings. The van der Waals surface area contributed by atoms with Gasteiger partial charge in [-0.05, 0) is 42.7 Å². The molecule has 0 atom stereocenters. The molecule has 0 bridgehead atoms. The van der Waals surface area contributed by atoms with Gasteiger partial charge in [-0.2, -0.15) is 0 Å². The van der Waals surface area contributed by atoms with Gasteiger partial charge in [0.15, 0.2) is 0 Å². The van der Waals surface area contributed by atoms with Gasteiger partial charge in [-0.15, -0.1) is 0 Å². The standard InChI is InChI=1S/C31H29BN6/c1-19-7-4-5-10-26(19)38-21(3)27-20(2)8-6-9-24(27)15-25(38)17-35-31-28(30(34)36-18-37-31)29(33)23-13-11-22(16-32)12-14-23/h4-15,18,33H,3,16-17H2,1-2H3,(H3,34,35,36,37). The Balaban J connectivity index is 1.52. The van der Waals surface area contributed by atoms with Crippen molar-refractivity contribution in [3.05, 3.63) is 124 Å². The van der Waals surface area contributed by atoms with Crippen LogP contribution in [-0.2, 0) is 6.32 Å². The Morgan fingerprint density at radius 1 is 1.00 bits per heavy atom. The summed E-state index contributed by atoms with van der Waals surface area (Å²) in [5, 5.41) is 12.3. The van der Waals surface area contributed by atoms with E-state index < -0.39 is 0 Å². The van der Waals surface area contributed by atoms with E-state index in [-0.39, 0.29) is 11.5 Å². The van der Waals surface area contributed by atoms with Gasteiger partial charge in [0.1, 0.15) is 18.0 Å². The second-order valence-electron chi connectivity index (χ2n) is 9.36. The lowest BCUT2D eigenvalue weighted by Crippen LogP contribution is -2.29. The van der Waals surface area contributed by atoms with Crippen molar-refractivity contribution in [2.75, 3.05) is 22.5 Å². The van der Waals surface area contributed by atoms with Gasteiger partial charge in [-0.25, -0.2) is 9.97 Å². The minimum absolute atomic E-state index is 0.243. The summed E-state index contributed by atoms with van der Waals surface area (Å²) in [5.74, 6) is 0.742. The number of rotatable bonds is 7. The fourth-order valence-electron chi connectivity index (χ4n) is 4.88. The topological polar surface area (TPSA) is 90.9 Å². The minimum Gasteiger partial charge on any atom is -0.383 e. The molecule has 0 aliphatic carbocycles.